The molecule has 6 atom stereocenters. The highest BCUT2D eigenvalue weighted by atomic mass is 19.1. The molecule has 18 nitrogen and oxygen atoms in total. The first-order valence-corrected chi connectivity index (χ1v) is 30.7. The van der Waals surface area contributed by atoms with Crippen molar-refractivity contribution in [3.8, 4) is 0 Å². The van der Waals surface area contributed by atoms with Crippen LogP contribution in [0.2, 0.25) is 0 Å². The first-order valence-electron chi connectivity index (χ1n) is 30.7. The molecule has 4 aromatic carbocycles. The quantitative estimate of drug-likeness (QED) is 0.0650. The second-order valence-corrected chi connectivity index (χ2v) is 25.2. The number of aromatic amines is 2. The van der Waals surface area contributed by atoms with Crippen LogP contribution in [-0.4, -0.2) is 170 Å². The third-order valence-corrected chi connectivity index (χ3v) is 19.3. The zero-order chi connectivity index (χ0) is 60.3. The number of amides is 8. The van der Waals surface area contributed by atoms with E-state index in [1.54, 1.807) is 62.5 Å². The molecule has 0 saturated carbocycles. The SMILES string of the molecule is CN(C)C(=O)[C@@H]1CC2(CCN(C(=O)[C@@H](Cc3c[nH]c4cc(F)ccc34)NC(=O)N[C@@H]3CCCNC3)CC2)c2ccccc21.CN(C)C(=O)[C@@H]1CC2(CCN(C(=O)[C@@H](Cc3c[nH]c4ccc(F)cc34)NC(=O)N[C@@H]3CCCNC3)CC2)c2ccccc21. The molecule has 8 N–H and O–H groups in total. The molecular formula is C66H82F2N12O6. The molecule has 2 spiro atoms. The molecule has 8 amide bonds. The standard InChI is InChI=1S/2C33H41FN6O3/c1-39(2)30(41)26-18-33(27-8-4-3-7-25(26)27)11-14-40(15-12-33)31(42)29(38-32(43)37-23-6-5-13-35-20-23)16-21-19-36-28-17-22(34)9-10-24(21)28;1-39(2)30(41)26-18-33(27-8-4-3-7-24(26)27)11-14-40(15-12-33)31(42)29(38-32(43)37-23-6-5-13-35-20-23)16-21-19-36-28-10-9-22(34)17-25(21)28/h2*3-4,7-10,17,19,23,26,29,35-36H,5-6,11-16,18,20H2,1-2H3,(H2,37,38,43)/t2*23-,26-,29-/m11/s1. The highest BCUT2D eigenvalue weighted by Gasteiger charge is 2.50. The number of likely N-dealkylation sites (N-methyl/N-ethyl adjacent to an activating group) is 2. The van der Waals surface area contributed by atoms with Crippen LogP contribution in [0.4, 0.5) is 18.4 Å². The van der Waals surface area contributed by atoms with Crippen molar-refractivity contribution in [1.29, 1.82) is 0 Å². The van der Waals surface area contributed by atoms with Gasteiger partial charge < -0.3 is 61.5 Å². The maximum atomic E-state index is 14.1. The minimum Gasteiger partial charge on any atom is -0.361 e. The molecule has 2 aliphatic carbocycles. The van der Waals surface area contributed by atoms with E-state index in [0.717, 1.165) is 110 Å². The number of likely N-dealkylation sites (tertiary alicyclic amines) is 2. The number of aromatic nitrogens is 2. The zero-order valence-corrected chi connectivity index (χ0v) is 49.8. The van der Waals surface area contributed by atoms with E-state index in [1.165, 1.54) is 35.4 Å². The van der Waals surface area contributed by atoms with Gasteiger partial charge in [-0.3, -0.25) is 19.2 Å². The first-order chi connectivity index (χ1) is 41.5. The number of urea groups is 2. The predicted molar refractivity (Wildman–Crippen MR) is 327 cm³/mol. The fourth-order valence-electron chi connectivity index (χ4n) is 14.8. The van der Waals surface area contributed by atoms with Crippen LogP contribution in [0.1, 0.15) is 109 Å². The number of hydrogen-bond acceptors (Lipinski definition) is 8. The fraction of sp³-hybridized carbons (Fsp3) is 0.485. The number of nitrogens with one attached hydrogen (secondary N) is 8. The van der Waals surface area contributed by atoms with Crippen molar-refractivity contribution in [3.63, 3.8) is 0 Å². The monoisotopic (exact) mass is 1180 g/mol. The Kier molecular flexibility index (Phi) is 17.8. The molecule has 4 aliphatic heterocycles. The number of benzene rings is 4. The van der Waals surface area contributed by atoms with E-state index >= 15 is 0 Å². The van der Waals surface area contributed by atoms with E-state index < -0.39 is 12.1 Å². The van der Waals surface area contributed by atoms with Crippen LogP contribution in [0, 0.1) is 11.6 Å². The minimum absolute atomic E-state index is 0.00166. The second kappa shape index (κ2) is 25.6. The van der Waals surface area contributed by atoms with Gasteiger partial charge in [0.15, 0.2) is 0 Å². The van der Waals surface area contributed by atoms with Crippen LogP contribution in [0.25, 0.3) is 21.8 Å². The molecule has 6 aliphatic rings. The smallest absolute Gasteiger partial charge is 0.315 e. The molecule has 4 saturated heterocycles. The van der Waals surface area contributed by atoms with Gasteiger partial charge in [-0.05, 0) is 147 Å². The average molecular weight is 1180 g/mol. The summed E-state index contributed by atoms with van der Waals surface area (Å²) < 4.78 is 28.0. The van der Waals surface area contributed by atoms with E-state index in [-0.39, 0.29) is 94.9 Å². The fourth-order valence-corrected chi connectivity index (χ4v) is 14.8. The van der Waals surface area contributed by atoms with Gasteiger partial charge >= 0.3 is 12.1 Å². The Bertz CT molecular complexity index is 3460. The van der Waals surface area contributed by atoms with E-state index in [2.05, 4.69) is 66.1 Å². The van der Waals surface area contributed by atoms with Crippen molar-refractivity contribution in [1.82, 2.24) is 61.5 Å². The summed E-state index contributed by atoms with van der Waals surface area (Å²) in [6, 6.07) is 23.3. The number of piperidine rings is 4. The lowest BCUT2D eigenvalue weighted by Gasteiger charge is -2.41. The van der Waals surface area contributed by atoms with Gasteiger partial charge in [-0.1, -0.05) is 48.5 Å². The third kappa shape index (κ3) is 12.7. The van der Waals surface area contributed by atoms with Gasteiger partial charge in [0.1, 0.15) is 23.7 Å². The number of carbonyl (C=O) groups is 6. The van der Waals surface area contributed by atoms with Gasteiger partial charge in [-0.25, -0.2) is 18.4 Å². The molecule has 6 aromatic rings. The normalized spacial score (nSPS) is 21.8. The molecule has 6 heterocycles. The molecule has 0 bridgehead atoms. The van der Waals surface area contributed by atoms with E-state index in [9.17, 15) is 37.5 Å². The summed E-state index contributed by atoms with van der Waals surface area (Å²) in [7, 11) is 7.20. The van der Waals surface area contributed by atoms with Gasteiger partial charge in [0.05, 0.1) is 11.8 Å². The Morgan fingerprint density at radius 2 is 1.01 bits per heavy atom. The van der Waals surface area contributed by atoms with Gasteiger partial charge in [0, 0.05) is 137 Å². The molecule has 4 fully saturated rings. The number of H-pyrrole nitrogens is 2. The third-order valence-electron chi connectivity index (χ3n) is 19.3. The summed E-state index contributed by atoms with van der Waals surface area (Å²) in [5.74, 6) is -1.09. The highest BCUT2D eigenvalue weighted by Crippen LogP contribution is 2.53. The number of halogens is 2. The van der Waals surface area contributed by atoms with Crippen LogP contribution >= 0.6 is 0 Å². The van der Waals surface area contributed by atoms with E-state index in [4.69, 9.17) is 0 Å². The molecule has 12 rings (SSSR count). The minimum atomic E-state index is -0.813. The van der Waals surface area contributed by atoms with Gasteiger partial charge in [0.2, 0.25) is 23.6 Å². The highest BCUT2D eigenvalue weighted by molar-refractivity contribution is 5.92. The van der Waals surface area contributed by atoms with Crippen LogP contribution < -0.4 is 31.9 Å². The lowest BCUT2D eigenvalue weighted by molar-refractivity contribution is -0.135. The first kappa shape index (κ1) is 59.9. The van der Waals surface area contributed by atoms with E-state index in [0.29, 0.717) is 50.2 Å². The van der Waals surface area contributed by atoms with Gasteiger partial charge in [-0.15, -0.1) is 0 Å². The Labute approximate surface area is 501 Å². The Morgan fingerprint density at radius 1 is 0.570 bits per heavy atom. The maximum absolute atomic E-state index is 14.1. The molecule has 456 valence electrons. The predicted octanol–water partition coefficient (Wildman–Crippen LogP) is 6.81. The molecule has 2 aromatic heterocycles. The lowest BCUT2D eigenvalue weighted by atomic mass is 9.73. The van der Waals surface area contributed by atoms with Crippen molar-refractivity contribution < 1.29 is 37.5 Å². The summed E-state index contributed by atoms with van der Waals surface area (Å²) in [4.78, 5) is 93.9. The van der Waals surface area contributed by atoms with Crippen molar-refractivity contribution >= 4 is 57.5 Å². The molecule has 20 heteroatoms. The number of hydrogen-bond donors (Lipinski definition) is 8. The average Bonchev–Trinajstić information content (AvgIpc) is 4.41. The lowest BCUT2D eigenvalue weighted by Crippen LogP contribution is -2.57. The number of rotatable bonds is 12. The summed E-state index contributed by atoms with van der Waals surface area (Å²) in [6.07, 6.45) is 12.3. The number of nitrogens with zero attached hydrogens (tertiary/aromatic N) is 4. The summed E-state index contributed by atoms with van der Waals surface area (Å²) in [6.45, 7) is 5.42. The zero-order valence-electron chi connectivity index (χ0n) is 49.8. The van der Waals surface area contributed by atoms with Crippen LogP contribution in [0.15, 0.2) is 97.3 Å². The largest absolute Gasteiger partial charge is 0.361 e. The van der Waals surface area contributed by atoms with Crippen molar-refractivity contribution in [3.05, 3.63) is 142 Å². The Morgan fingerprint density at radius 3 is 1.48 bits per heavy atom. The summed E-state index contributed by atoms with van der Waals surface area (Å²) >= 11 is 0. The topological polar surface area (TPSA) is 219 Å². The van der Waals surface area contributed by atoms with E-state index in [1.807, 2.05) is 34.1 Å². The van der Waals surface area contributed by atoms with Crippen LogP contribution in [0.3, 0.4) is 0 Å². The second-order valence-electron chi connectivity index (χ2n) is 25.2. The van der Waals surface area contributed by atoms with Crippen molar-refractivity contribution in [2.24, 2.45) is 0 Å². The number of carbonyl (C=O) groups excluding carboxylic acids is 6. The Balaban J connectivity index is 0.000000179. The summed E-state index contributed by atoms with van der Waals surface area (Å²) in [5, 5.41) is 20.1. The number of fused-ring (bicyclic) bond motifs is 6. The molecule has 0 radical (unpaired) electrons. The molecular weight excluding hydrogens is 1090 g/mol. The molecule has 86 heavy (non-hydrogen) atoms. The van der Waals surface area contributed by atoms with Crippen LogP contribution in [0.5, 0.6) is 0 Å². The Hall–Kier alpha value is -7.84. The summed E-state index contributed by atoms with van der Waals surface area (Å²) in [5.41, 5.74) is 7.38. The van der Waals surface area contributed by atoms with Gasteiger partial charge in [0.25, 0.3) is 0 Å². The van der Waals surface area contributed by atoms with Crippen molar-refractivity contribution in [2.45, 2.75) is 124 Å². The van der Waals surface area contributed by atoms with Crippen LogP contribution in [-0.2, 0) is 42.8 Å². The van der Waals surface area contributed by atoms with Gasteiger partial charge in [-0.2, -0.15) is 0 Å². The molecule has 0 unspecified atom stereocenters. The van der Waals surface area contributed by atoms with Crippen molar-refractivity contribution in [2.75, 3.05) is 80.5 Å². The maximum Gasteiger partial charge on any atom is 0.315 e.